The Balaban J connectivity index is 1.95. The fourth-order valence-corrected chi connectivity index (χ4v) is 1.30. The number of nitrogen functional groups attached to an aromatic ring is 1. The van der Waals surface area contributed by atoms with E-state index in [0.29, 0.717) is 29.6 Å². The molecule has 0 saturated carbocycles. The molecule has 0 fully saturated rings. The van der Waals surface area contributed by atoms with Crippen LogP contribution in [-0.4, -0.2) is 21.9 Å². The first-order chi connectivity index (χ1) is 8.29. The molecule has 0 aliphatic carbocycles. The number of hydrogen-bond acceptors (Lipinski definition) is 6. The van der Waals surface area contributed by atoms with Gasteiger partial charge in [-0.2, -0.15) is 4.98 Å². The predicted molar refractivity (Wildman–Crippen MR) is 60.3 cm³/mol. The first-order valence-corrected chi connectivity index (χ1v) is 5.19. The van der Waals surface area contributed by atoms with E-state index in [1.165, 1.54) is 0 Å². The van der Waals surface area contributed by atoms with Crippen LogP contribution >= 0.6 is 0 Å². The number of aliphatic hydroxyl groups is 1. The van der Waals surface area contributed by atoms with Crippen molar-refractivity contribution in [1.82, 2.24) is 10.1 Å². The lowest BCUT2D eigenvalue weighted by atomic mass is 10.3. The third kappa shape index (κ3) is 2.94. The van der Waals surface area contributed by atoms with Crippen LogP contribution in [-0.2, 0) is 13.0 Å². The molecule has 0 aliphatic rings. The van der Waals surface area contributed by atoms with Crippen LogP contribution in [0.15, 0.2) is 28.8 Å². The van der Waals surface area contributed by atoms with Gasteiger partial charge < -0.3 is 20.1 Å². The van der Waals surface area contributed by atoms with Crippen LogP contribution in [0.1, 0.15) is 11.7 Å². The van der Waals surface area contributed by atoms with E-state index in [4.69, 9.17) is 20.1 Å². The molecule has 1 aromatic heterocycles. The van der Waals surface area contributed by atoms with E-state index in [1.54, 1.807) is 12.1 Å². The average molecular weight is 235 g/mol. The van der Waals surface area contributed by atoms with Crippen molar-refractivity contribution in [2.45, 2.75) is 13.0 Å². The second kappa shape index (κ2) is 5.31. The Morgan fingerprint density at radius 3 is 2.94 bits per heavy atom. The Hall–Kier alpha value is -2.08. The Bertz CT molecular complexity index is 484. The van der Waals surface area contributed by atoms with Crippen molar-refractivity contribution in [2.24, 2.45) is 0 Å². The zero-order chi connectivity index (χ0) is 12.1. The first kappa shape index (κ1) is 11.4. The number of anilines is 1. The zero-order valence-corrected chi connectivity index (χ0v) is 9.17. The van der Waals surface area contributed by atoms with E-state index >= 15 is 0 Å². The third-order valence-corrected chi connectivity index (χ3v) is 2.12. The van der Waals surface area contributed by atoms with Crippen LogP contribution in [0.25, 0.3) is 0 Å². The van der Waals surface area contributed by atoms with Crippen molar-refractivity contribution >= 4 is 5.69 Å². The fourth-order valence-electron chi connectivity index (χ4n) is 1.30. The Morgan fingerprint density at radius 1 is 1.35 bits per heavy atom. The van der Waals surface area contributed by atoms with Crippen LogP contribution in [0.4, 0.5) is 5.69 Å². The Labute approximate surface area is 98.0 Å². The van der Waals surface area contributed by atoms with Crippen molar-refractivity contribution < 1.29 is 14.4 Å². The quantitative estimate of drug-likeness (QED) is 0.743. The number of nitrogens with two attached hydrogens (primary N) is 1. The second-order valence-electron chi connectivity index (χ2n) is 3.40. The molecule has 0 bridgehead atoms. The van der Waals surface area contributed by atoms with Crippen LogP contribution in [0.3, 0.4) is 0 Å². The lowest BCUT2D eigenvalue weighted by molar-refractivity contribution is 0.243. The van der Waals surface area contributed by atoms with Gasteiger partial charge in [-0.1, -0.05) is 17.3 Å². The summed E-state index contributed by atoms with van der Waals surface area (Å²) in [6, 6.07) is 7.17. The highest BCUT2D eigenvalue weighted by Crippen LogP contribution is 2.20. The van der Waals surface area contributed by atoms with Crippen LogP contribution in [0.2, 0.25) is 0 Å². The molecule has 0 spiro atoms. The van der Waals surface area contributed by atoms with Gasteiger partial charge in [-0.05, 0) is 12.1 Å². The molecule has 0 radical (unpaired) electrons. The van der Waals surface area contributed by atoms with Gasteiger partial charge in [0.25, 0.3) is 5.89 Å². The summed E-state index contributed by atoms with van der Waals surface area (Å²) in [6.07, 6.45) is 0.372. The molecular formula is C11H13N3O3. The molecule has 17 heavy (non-hydrogen) atoms. The molecule has 6 nitrogen and oxygen atoms in total. The van der Waals surface area contributed by atoms with Gasteiger partial charge in [-0.15, -0.1) is 0 Å². The predicted octanol–water partition coefficient (Wildman–Crippen LogP) is 0.766. The molecule has 90 valence electrons. The van der Waals surface area contributed by atoms with E-state index in [2.05, 4.69) is 10.1 Å². The fraction of sp³-hybridized carbons (Fsp3) is 0.273. The maximum atomic E-state index is 8.70. The number of rotatable bonds is 5. The molecule has 2 aromatic rings. The molecule has 3 N–H and O–H groups in total. The summed E-state index contributed by atoms with van der Waals surface area (Å²) in [4.78, 5) is 4.04. The minimum atomic E-state index is -0.00847. The van der Waals surface area contributed by atoms with E-state index in [-0.39, 0.29) is 13.2 Å². The molecule has 6 heteroatoms. The Morgan fingerprint density at radius 2 is 2.18 bits per heavy atom. The minimum absolute atomic E-state index is 0.00847. The SMILES string of the molecule is Nc1ccccc1OCc1nc(CCO)no1. The van der Waals surface area contributed by atoms with E-state index in [1.807, 2.05) is 12.1 Å². The van der Waals surface area contributed by atoms with Gasteiger partial charge in [0.2, 0.25) is 0 Å². The summed E-state index contributed by atoms with van der Waals surface area (Å²) in [5, 5.41) is 12.4. The van der Waals surface area contributed by atoms with Crippen LogP contribution < -0.4 is 10.5 Å². The maximum Gasteiger partial charge on any atom is 0.264 e. The number of nitrogens with zero attached hydrogens (tertiary/aromatic N) is 2. The molecule has 0 aliphatic heterocycles. The standard InChI is InChI=1S/C11H13N3O3/c12-8-3-1-2-4-9(8)16-7-11-13-10(5-6-15)14-17-11/h1-4,15H,5-7,12H2. The number of aromatic nitrogens is 2. The summed E-state index contributed by atoms with van der Waals surface area (Å²) >= 11 is 0. The number of benzene rings is 1. The smallest absolute Gasteiger partial charge is 0.264 e. The lowest BCUT2D eigenvalue weighted by Gasteiger charge is -2.05. The van der Waals surface area contributed by atoms with Gasteiger partial charge in [0, 0.05) is 6.42 Å². The largest absolute Gasteiger partial charge is 0.482 e. The van der Waals surface area contributed by atoms with E-state index in [9.17, 15) is 0 Å². The molecular weight excluding hydrogens is 222 g/mol. The number of ether oxygens (including phenoxy) is 1. The lowest BCUT2D eigenvalue weighted by Crippen LogP contribution is -1.99. The molecule has 0 atom stereocenters. The maximum absolute atomic E-state index is 8.70. The number of aliphatic hydroxyl groups excluding tert-OH is 1. The average Bonchev–Trinajstić information content (AvgIpc) is 2.76. The normalized spacial score (nSPS) is 10.4. The molecule has 2 rings (SSSR count). The Kier molecular flexibility index (Phi) is 3.56. The van der Waals surface area contributed by atoms with Gasteiger partial charge in [0.1, 0.15) is 5.75 Å². The highest BCUT2D eigenvalue weighted by Gasteiger charge is 2.07. The van der Waals surface area contributed by atoms with Crippen LogP contribution in [0, 0.1) is 0 Å². The zero-order valence-electron chi connectivity index (χ0n) is 9.17. The van der Waals surface area contributed by atoms with Gasteiger partial charge in [0.05, 0.1) is 12.3 Å². The highest BCUT2D eigenvalue weighted by molar-refractivity contribution is 5.51. The molecule has 0 saturated heterocycles. The summed E-state index contributed by atoms with van der Waals surface area (Å²) < 4.78 is 10.4. The summed E-state index contributed by atoms with van der Waals surface area (Å²) in [5.41, 5.74) is 6.27. The third-order valence-electron chi connectivity index (χ3n) is 2.12. The van der Waals surface area contributed by atoms with E-state index < -0.39 is 0 Å². The van der Waals surface area contributed by atoms with Crippen molar-refractivity contribution in [3.8, 4) is 5.75 Å². The number of hydrogen-bond donors (Lipinski definition) is 2. The summed E-state index contributed by atoms with van der Waals surface area (Å²) in [7, 11) is 0. The number of para-hydroxylation sites is 2. The molecule has 0 amide bonds. The molecule has 1 aromatic carbocycles. The minimum Gasteiger partial charge on any atom is -0.482 e. The van der Waals surface area contributed by atoms with Crippen molar-refractivity contribution in [1.29, 1.82) is 0 Å². The monoisotopic (exact) mass is 235 g/mol. The van der Waals surface area contributed by atoms with Crippen molar-refractivity contribution in [3.63, 3.8) is 0 Å². The van der Waals surface area contributed by atoms with Crippen LogP contribution in [0.5, 0.6) is 5.75 Å². The van der Waals surface area contributed by atoms with Crippen molar-refractivity contribution in [3.05, 3.63) is 36.0 Å². The summed E-state index contributed by atoms with van der Waals surface area (Å²) in [6.45, 7) is 0.151. The molecule has 0 unspecified atom stereocenters. The summed E-state index contributed by atoms with van der Waals surface area (Å²) in [5.74, 6) is 1.40. The molecule has 1 heterocycles. The second-order valence-corrected chi connectivity index (χ2v) is 3.40. The van der Waals surface area contributed by atoms with Gasteiger partial charge in [0.15, 0.2) is 12.4 Å². The van der Waals surface area contributed by atoms with Gasteiger partial charge in [-0.25, -0.2) is 0 Å². The van der Waals surface area contributed by atoms with Gasteiger partial charge >= 0.3 is 0 Å². The topological polar surface area (TPSA) is 94.4 Å². The van der Waals surface area contributed by atoms with Crippen molar-refractivity contribution in [2.75, 3.05) is 12.3 Å². The first-order valence-electron chi connectivity index (χ1n) is 5.19. The highest BCUT2D eigenvalue weighted by atomic mass is 16.5. The van der Waals surface area contributed by atoms with Gasteiger partial charge in [-0.3, -0.25) is 0 Å². The van der Waals surface area contributed by atoms with E-state index in [0.717, 1.165) is 0 Å².